The van der Waals surface area contributed by atoms with Gasteiger partial charge >= 0.3 is 18.3 Å². The zero-order chi connectivity index (χ0) is 49.5. The molecule has 0 aliphatic rings. The molecular formula is C48H37F8IN2O6S4. The van der Waals surface area contributed by atoms with Gasteiger partial charge in [-0.15, -0.1) is 46.7 Å². The van der Waals surface area contributed by atoms with Gasteiger partial charge in [-0.1, -0.05) is 66.2 Å². The molecule has 0 unspecified atom stereocenters. The number of hydrogen-bond donors (Lipinski definition) is 1. The Hall–Kier alpha value is -5.62. The fraction of sp³-hybridized carbons (Fsp3) is 0.146. The van der Waals surface area contributed by atoms with E-state index in [1.54, 1.807) is 50.2 Å². The van der Waals surface area contributed by atoms with Gasteiger partial charge in [-0.3, -0.25) is 8.61 Å². The SMILES string of the molecule is Cc1c(N(Cc2ccc([18F])c(C(F)(F)F)c2)S(=O)(=O)c2ccc(C(=O)O)cc2)sc2ccccc12.Cc1ccc(S(=O)(=O)N(Cc2ccc([18F])c(C(F)(F)F)c2)c2sc3ccccc3c2C)cc1.I. The lowest BCUT2D eigenvalue weighted by atomic mass is 10.1. The molecule has 362 valence electrons. The van der Waals surface area contributed by atoms with Crippen molar-refractivity contribution in [3.05, 3.63) is 190 Å². The first-order valence-corrected chi connectivity index (χ1v) is 24.5. The number of alkyl halides is 6. The smallest absolute Gasteiger partial charge is 0.419 e. The second-order valence-electron chi connectivity index (χ2n) is 15.3. The van der Waals surface area contributed by atoms with E-state index in [0.29, 0.717) is 40.4 Å². The van der Waals surface area contributed by atoms with Crippen molar-refractivity contribution < 1.29 is 61.9 Å². The third kappa shape index (κ3) is 11.2. The topological polar surface area (TPSA) is 112 Å². The Labute approximate surface area is 416 Å². The van der Waals surface area contributed by atoms with Crippen molar-refractivity contribution in [1.29, 1.82) is 0 Å². The molecule has 0 saturated heterocycles. The third-order valence-electron chi connectivity index (χ3n) is 10.7. The minimum atomic E-state index is -4.95. The van der Waals surface area contributed by atoms with E-state index in [1.807, 2.05) is 31.2 Å². The van der Waals surface area contributed by atoms with Crippen LogP contribution in [0.2, 0.25) is 0 Å². The predicted octanol–water partition coefficient (Wildman–Crippen LogP) is 14.2. The number of aryl methyl sites for hydroxylation is 3. The molecular weight excluding hydrogens is 1110 g/mol. The largest absolute Gasteiger partial charge is 0.478 e. The second kappa shape index (κ2) is 20.4. The van der Waals surface area contributed by atoms with Gasteiger partial charge in [0, 0.05) is 9.40 Å². The second-order valence-corrected chi connectivity index (χ2v) is 21.1. The molecule has 6 aromatic carbocycles. The van der Waals surface area contributed by atoms with Gasteiger partial charge in [0.05, 0.1) is 39.6 Å². The van der Waals surface area contributed by atoms with Crippen LogP contribution in [0.4, 0.5) is 45.1 Å². The molecule has 8 aromatic rings. The standard InChI is InChI=1S/C24H17F4NO4S2.C24H19F4NO2S2.HI/c1-14-18-4-2-3-5-21(18)34-22(14)29(13-15-6-11-20(25)19(12-15)24(26,27)28)35(32,33)17-9-7-16(8-10-17)23(30)31;1-15-7-10-18(11-8-15)33(30,31)29(23-16(2)19-5-3-4-6-22(19)32-23)14-17-9-12-21(25)20(13-17)24(26,27)28;/h2-12H,13H2,1H3,(H,30,31);3-13H,14H2,1-2H3;1H/i2*25-1;. The molecule has 0 aliphatic carbocycles. The summed E-state index contributed by atoms with van der Waals surface area (Å²) in [6, 6.07) is 30.2. The molecule has 0 saturated carbocycles. The van der Waals surface area contributed by atoms with Crippen LogP contribution >= 0.6 is 46.7 Å². The molecule has 2 heterocycles. The maximum Gasteiger partial charge on any atom is 0.419 e. The number of benzene rings is 6. The Kier molecular flexibility index (Phi) is 15.6. The Bertz CT molecular complexity index is 3410. The van der Waals surface area contributed by atoms with Gasteiger partial charge in [-0.25, -0.2) is 30.4 Å². The summed E-state index contributed by atoms with van der Waals surface area (Å²) >= 11 is 2.39. The van der Waals surface area contributed by atoms with E-state index in [9.17, 15) is 56.8 Å². The number of carboxylic acid groups (broad SMARTS) is 1. The predicted molar refractivity (Wildman–Crippen MR) is 263 cm³/mol. The summed E-state index contributed by atoms with van der Waals surface area (Å²) < 4.78 is 166. The quantitative estimate of drug-likeness (QED) is 0.102. The molecule has 0 aliphatic heterocycles. The van der Waals surface area contributed by atoms with Gasteiger partial charge in [-0.05, 0) is 127 Å². The Morgan fingerprint density at radius 1 is 0.551 bits per heavy atom. The van der Waals surface area contributed by atoms with Gasteiger partial charge in [-0.2, -0.15) is 26.3 Å². The summed E-state index contributed by atoms with van der Waals surface area (Å²) in [4.78, 5) is 10.9. The first-order valence-electron chi connectivity index (χ1n) is 20.0. The molecule has 69 heavy (non-hydrogen) atoms. The van der Waals surface area contributed by atoms with Crippen molar-refractivity contribution in [1.82, 2.24) is 0 Å². The van der Waals surface area contributed by atoms with Crippen molar-refractivity contribution in [3.63, 3.8) is 0 Å². The number of rotatable bonds is 11. The zero-order valence-corrected chi connectivity index (χ0v) is 41.7. The van der Waals surface area contributed by atoms with Crippen LogP contribution in [0, 0.1) is 32.4 Å². The fourth-order valence-corrected chi connectivity index (χ4v) is 13.0. The molecule has 2 aromatic heterocycles. The summed E-state index contributed by atoms with van der Waals surface area (Å²) in [5.74, 6) is -4.10. The number of sulfonamides is 2. The first kappa shape index (κ1) is 52.7. The minimum Gasteiger partial charge on any atom is -0.478 e. The normalized spacial score (nSPS) is 12.0. The van der Waals surface area contributed by atoms with Crippen molar-refractivity contribution >= 4 is 103 Å². The third-order valence-corrected chi connectivity index (χ3v) is 17.1. The van der Waals surface area contributed by atoms with Crippen LogP contribution in [-0.4, -0.2) is 27.9 Å². The Balaban J connectivity index is 0.000000224. The maximum absolute atomic E-state index is 13.8. The average Bonchev–Trinajstić information content (AvgIpc) is 3.80. The zero-order valence-electron chi connectivity index (χ0n) is 36.1. The highest BCUT2D eigenvalue weighted by Gasteiger charge is 2.37. The van der Waals surface area contributed by atoms with E-state index in [4.69, 9.17) is 5.11 Å². The van der Waals surface area contributed by atoms with Gasteiger partial charge in [0.25, 0.3) is 20.0 Å². The first-order chi connectivity index (χ1) is 31.9. The molecule has 8 rings (SSSR count). The summed E-state index contributed by atoms with van der Waals surface area (Å²) in [6.07, 6.45) is -9.85. The van der Waals surface area contributed by atoms with E-state index < -0.39 is 67.7 Å². The van der Waals surface area contributed by atoms with Crippen molar-refractivity contribution in [2.45, 2.75) is 56.0 Å². The van der Waals surface area contributed by atoms with Crippen LogP contribution < -0.4 is 8.61 Å². The highest BCUT2D eigenvalue weighted by atomic mass is 127. The van der Waals surface area contributed by atoms with Gasteiger partial charge in [0.1, 0.15) is 21.6 Å². The molecule has 0 amide bonds. The lowest BCUT2D eigenvalue weighted by Gasteiger charge is -2.24. The fourth-order valence-electron chi connectivity index (χ4n) is 7.17. The van der Waals surface area contributed by atoms with Crippen molar-refractivity contribution in [2.75, 3.05) is 8.61 Å². The van der Waals surface area contributed by atoms with Crippen LogP contribution in [0.5, 0.6) is 0 Å². The molecule has 21 heteroatoms. The Morgan fingerprint density at radius 2 is 0.913 bits per heavy atom. The van der Waals surface area contributed by atoms with Gasteiger partial charge in [0.15, 0.2) is 0 Å². The van der Waals surface area contributed by atoms with E-state index in [2.05, 4.69) is 0 Å². The van der Waals surface area contributed by atoms with E-state index in [0.717, 1.165) is 76.0 Å². The number of halogens is 9. The lowest BCUT2D eigenvalue weighted by molar-refractivity contribution is -0.140. The number of fused-ring (bicyclic) bond motifs is 2. The van der Waals surface area contributed by atoms with Gasteiger partial charge < -0.3 is 5.11 Å². The van der Waals surface area contributed by atoms with Gasteiger partial charge in [0.2, 0.25) is 0 Å². The molecule has 0 spiro atoms. The number of hydrogen-bond acceptors (Lipinski definition) is 7. The number of thiophene rings is 2. The summed E-state index contributed by atoms with van der Waals surface area (Å²) in [7, 11) is -8.48. The number of anilines is 2. The highest BCUT2D eigenvalue weighted by Crippen LogP contribution is 2.43. The van der Waals surface area contributed by atoms with Crippen molar-refractivity contribution in [3.8, 4) is 0 Å². The van der Waals surface area contributed by atoms with Crippen LogP contribution in [0.15, 0.2) is 143 Å². The average molecular weight is 1140 g/mol. The van der Waals surface area contributed by atoms with Crippen LogP contribution in [-0.2, 0) is 45.5 Å². The highest BCUT2D eigenvalue weighted by molar-refractivity contribution is 14.0. The molecule has 0 atom stereocenters. The molecule has 1 N–H and O–H groups in total. The monoisotopic (exact) mass is 1140 g/mol. The molecule has 0 radical (unpaired) electrons. The van der Waals surface area contributed by atoms with E-state index in [-0.39, 0.29) is 62.0 Å². The number of nitrogens with zero attached hydrogens (tertiary/aromatic N) is 2. The van der Waals surface area contributed by atoms with E-state index in [1.165, 1.54) is 29.5 Å². The van der Waals surface area contributed by atoms with Crippen molar-refractivity contribution in [2.24, 2.45) is 0 Å². The summed E-state index contributed by atoms with van der Waals surface area (Å²) in [5.41, 5.74) is -0.919. The summed E-state index contributed by atoms with van der Waals surface area (Å²) in [5, 5.41) is 11.4. The molecule has 8 nitrogen and oxygen atoms in total. The molecule has 0 bridgehead atoms. The van der Waals surface area contributed by atoms with Crippen LogP contribution in [0.3, 0.4) is 0 Å². The van der Waals surface area contributed by atoms with Crippen LogP contribution in [0.25, 0.3) is 20.2 Å². The number of carboxylic acids is 1. The number of aromatic carboxylic acids is 1. The van der Waals surface area contributed by atoms with E-state index >= 15 is 0 Å². The number of carbonyl (C=O) groups is 1. The Morgan fingerprint density at radius 3 is 1.26 bits per heavy atom. The minimum absolute atomic E-state index is 0. The molecule has 0 fully saturated rings. The lowest BCUT2D eigenvalue weighted by Crippen LogP contribution is -2.30. The maximum atomic E-state index is 13.8. The van der Waals surface area contributed by atoms with Crippen LogP contribution in [0.1, 0.15) is 49.3 Å². The summed E-state index contributed by atoms with van der Waals surface area (Å²) in [6.45, 7) is 4.42.